The second-order valence-electron chi connectivity index (χ2n) is 5.03. The predicted molar refractivity (Wildman–Crippen MR) is 105 cm³/mol. The molecule has 0 aliphatic rings. The van der Waals surface area contributed by atoms with Crippen LogP contribution in [0.1, 0.15) is 18.7 Å². The van der Waals surface area contributed by atoms with Crippen LogP contribution in [-0.2, 0) is 6.54 Å². The Hall–Kier alpha value is -1.28. The number of nitrogens with one attached hydrogen (secondary N) is 1. The fourth-order valence-electron chi connectivity index (χ4n) is 1.90. The molecule has 1 aromatic carbocycles. The van der Waals surface area contributed by atoms with Gasteiger partial charge in [0.2, 0.25) is 0 Å². The summed E-state index contributed by atoms with van der Waals surface area (Å²) in [4.78, 5) is 5.53. The minimum atomic E-state index is 0. The Morgan fingerprint density at radius 1 is 1.27 bits per heavy atom. The lowest BCUT2D eigenvalue weighted by atomic mass is 10.1. The van der Waals surface area contributed by atoms with Crippen LogP contribution >= 0.6 is 35.3 Å². The maximum atomic E-state index is 5.80. The van der Waals surface area contributed by atoms with Crippen molar-refractivity contribution in [3.63, 3.8) is 0 Å². The Kier molecular flexibility index (Phi) is 7.67. The highest BCUT2D eigenvalue weighted by atomic mass is 127. The van der Waals surface area contributed by atoms with Crippen LogP contribution in [0.3, 0.4) is 0 Å². The Balaban J connectivity index is 0.00000242. The Morgan fingerprint density at radius 3 is 2.55 bits per heavy atom. The molecule has 3 N–H and O–H groups in total. The van der Waals surface area contributed by atoms with E-state index in [9.17, 15) is 0 Å². The van der Waals surface area contributed by atoms with Crippen molar-refractivity contribution in [2.45, 2.75) is 26.4 Å². The Labute approximate surface area is 152 Å². The van der Waals surface area contributed by atoms with Crippen molar-refractivity contribution < 1.29 is 4.74 Å². The molecule has 22 heavy (non-hydrogen) atoms. The topological polar surface area (TPSA) is 59.6 Å². The number of aliphatic imine (C=N–C) groups is 1. The molecule has 0 unspecified atom stereocenters. The van der Waals surface area contributed by atoms with Crippen molar-refractivity contribution >= 4 is 41.3 Å². The zero-order valence-corrected chi connectivity index (χ0v) is 16.1. The molecule has 4 nitrogen and oxygen atoms in total. The van der Waals surface area contributed by atoms with Crippen LogP contribution in [0.15, 0.2) is 40.7 Å². The van der Waals surface area contributed by atoms with Crippen LogP contribution in [0.25, 0.3) is 11.1 Å². The number of nitrogens with two attached hydrogens (primary N) is 1. The molecule has 6 heteroatoms. The summed E-state index contributed by atoms with van der Waals surface area (Å²) in [7, 11) is 1.67. The maximum absolute atomic E-state index is 5.80. The van der Waals surface area contributed by atoms with E-state index in [4.69, 9.17) is 10.5 Å². The van der Waals surface area contributed by atoms with Gasteiger partial charge in [-0.15, -0.1) is 35.3 Å². The van der Waals surface area contributed by atoms with E-state index >= 15 is 0 Å². The van der Waals surface area contributed by atoms with Crippen LogP contribution < -0.4 is 15.8 Å². The van der Waals surface area contributed by atoms with Crippen molar-refractivity contribution in [1.82, 2.24) is 5.32 Å². The summed E-state index contributed by atoms with van der Waals surface area (Å²) in [5.41, 5.74) is 8.18. The van der Waals surface area contributed by atoms with Gasteiger partial charge in [-0.25, -0.2) is 4.99 Å². The molecular formula is C16H22IN3OS. The molecule has 1 aromatic heterocycles. The third-order valence-electron chi connectivity index (χ3n) is 2.92. The zero-order chi connectivity index (χ0) is 15.2. The molecule has 0 amide bonds. The zero-order valence-electron chi connectivity index (χ0n) is 13.0. The number of hydrogen-bond acceptors (Lipinski definition) is 3. The van der Waals surface area contributed by atoms with E-state index in [0.717, 1.165) is 5.75 Å². The summed E-state index contributed by atoms with van der Waals surface area (Å²) in [5.74, 6) is 1.36. The van der Waals surface area contributed by atoms with Gasteiger partial charge in [-0.2, -0.15) is 0 Å². The third kappa shape index (κ3) is 5.49. The molecule has 0 radical (unpaired) electrons. The van der Waals surface area contributed by atoms with Crippen molar-refractivity contribution in [2.24, 2.45) is 10.7 Å². The van der Waals surface area contributed by atoms with Gasteiger partial charge in [-0.05, 0) is 48.6 Å². The normalized spacial score (nSPS) is 11.2. The van der Waals surface area contributed by atoms with E-state index < -0.39 is 0 Å². The minimum Gasteiger partial charge on any atom is -0.497 e. The second-order valence-corrected chi connectivity index (χ2v) is 6.03. The van der Waals surface area contributed by atoms with Gasteiger partial charge < -0.3 is 15.8 Å². The summed E-state index contributed by atoms with van der Waals surface area (Å²) in [6, 6.07) is 10.5. The van der Waals surface area contributed by atoms with Crippen molar-refractivity contribution in [3.05, 3.63) is 40.6 Å². The van der Waals surface area contributed by atoms with Crippen LogP contribution in [0, 0.1) is 0 Å². The molecule has 2 rings (SSSR count). The van der Waals surface area contributed by atoms with Crippen molar-refractivity contribution in [1.29, 1.82) is 0 Å². The number of benzene rings is 1. The summed E-state index contributed by atoms with van der Waals surface area (Å²) in [6.07, 6.45) is 0. The van der Waals surface area contributed by atoms with Gasteiger partial charge in [-0.1, -0.05) is 12.1 Å². The summed E-state index contributed by atoms with van der Waals surface area (Å²) >= 11 is 1.69. The fourth-order valence-corrected chi connectivity index (χ4v) is 2.72. The highest BCUT2D eigenvalue weighted by Crippen LogP contribution is 2.27. The largest absolute Gasteiger partial charge is 0.497 e. The van der Waals surface area contributed by atoms with E-state index in [-0.39, 0.29) is 24.0 Å². The molecule has 1 heterocycles. The quantitative estimate of drug-likeness (QED) is 0.430. The monoisotopic (exact) mass is 431 g/mol. The lowest BCUT2D eigenvalue weighted by molar-refractivity contribution is 0.415. The van der Waals surface area contributed by atoms with Crippen LogP contribution in [0.5, 0.6) is 5.75 Å². The van der Waals surface area contributed by atoms with Crippen LogP contribution in [-0.4, -0.2) is 19.1 Å². The predicted octanol–water partition coefficient (Wildman–Crippen LogP) is 3.85. The van der Waals surface area contributed by atoms with Gasteiger partial charge in [-0.3, -0.25) is 0 Å². The first kappa shape index (κ1) is 18.8. The fraction of sp³-hybridized carbons (Fsp3) is 0.312. The summed E-state index contributed by atoms with van der Waals surface area (Å²) < 4.78 is 5.17. The first-order chi connectivity index (χ1) is 10.1. The standard InChI is InChI=1S/C16H21N3OS.HI/c1-11(2)19-16(17)18-9-15-8-13(10-21-15)12-4-6-14(20-3)7-5-12;/h4-8,10-11H,9H2,1-3H3,(H3,17,18,19);1H. The van der Waals surface area contributed by atoms with Crippen LogP contribution in [0.4, 0.5) is 0 Å². The number of methoxy groups -OCH3 is 1. The lowest BCUT2D eigenvalue weighted by Crippen LogP contribution is -2.36. The molecule has 0 atom stereocenters. The average molecular weight is 431 g/mol. The molecule has 0 aliphatic heterocycles. The number of ether oxygens (including phenoxy) is 1. The first-order valence-corrected chi connectivity index (χ1v) is 7.74. The second kappa shape index (κ2) is 8.99. The van der Waals surface area contributed by atoms with E-state index in [0.29, 0.717) is 18.5 Å². The number of guanidine groups is 1. The van der Waals surface area contributed by atoms with E-state index in [1.807, 2.05) is 26.0 Å². The summed E-state index contributed by atoms with van der Waals surface area (Å²) in [6.45, 7) is 4.68. The van der Waals surface area contributed by atoms with Crippen molar-refractivity contribution in [2.75, 3.05) is 7.11 Å². The first-order valence-electron chi connectivity index (χ1n) is 6.87. The highest BCUT2D eigenvalue weighted by Gasteiger charge is 2.03. The third-order valence-corrected chi connectivity index (χ3v) is 3.84. The number of halogens is 1. The smallest absolute Gasteiger partial charge is 0.189 e. The molecule has 0 spiro atoms. The number of nitrogens with zero attached hydrogens (tertiary/aromatic N) is 1. The van der Waals surface area contributed by atoms with Gasteiger partial charge >= 0.3 is 0 Å². The van der Waals surface area contributed by atoms with E-state index in [1.165, 1.54) is 16.0 Å². The molecule has 0 saturated carbocycles. The van der Waals surface area contributed by atoms with Crippen LogP contribution in [0.2, 0.25) is 0 Å². The average Bonchev–Trinajstić information content (AvgIpc) is 2.93. The lowest BCUT2D eigenvalue weighted by Gasteiger charge is -2.07. The summed E-state index contributed by atoms with van der Waals surface area (Å²) in [5, 5.41) is 5.22. The van der Waals surface area contributed by atoms with Gasteiger partial charge in [0.15, 0.2) is 5.96 Å². The minimum absolute atomic E-state index is 0. The van der Waals surface area contributed by atoms with Gasteiger partial charge in [0.1, 0.15) is 5.75 Å². The maximum Gasteiger partial charge on any atom is 0.189 e. The molecule has 2 aromatic rings. The van der Waals surface area contributed by atoms with E-state index in [1.54, 1.807) is 18.4 Å². The number of hydrogen-bond donors (Lipinski definition) is 2. The molecule has 0 saturated heterocycles. The molecular weight excluding hydrogens is 409 g/mol. The van der Waals surface area contributed by atoms with Gasteiger partial charge in [0.25, 0.3) is 0 Å². The number of rotatable bonds is 5. The highest BCUT2D eigenvalue weighted by molar-refractivity contribution is 14.0. The van der Waals surface area contributed by atoms with Gasteiger partial charge in [0.05, 0.1) is 13.7 Å². The van der Waals surface area contributed by atoms with Crippen molar-refractivity contribution in [3.8, 4) is 16.9 Å². The Morgan fingerprint density at radius 2 is 1.95 bits per heavy atom. The SMILES string of the molecule is COc1ccc(-c2csc(CN=C(N)NC(C)C)c2)cc1.I. The Bertz CT molecular complexity index is 608. The molecule has 0 aliphatic carbocycles. The molecule has 0 fully saturated rings. The molecule has 120 valence electrons. The van der Waals surface area contributed by atoms with E-state index in [2.05, 4.69) is 33.9 Å². The molecule has 0 bridgehead atoms. The number of thiophene rings is 1. The van der Waals surface area contributed by atoms with Gasteiger partial charge in [0, 0.05) is 10.9 Å².